The van der Waals surface area contributed by atoms with Crippen LogP contribution in [0.2, 0.25) is 0 Å². The average molecular weight is 498 g/mol. The molecule has 35 heavy (non-hydrogen) atoms. The molecule has 2 amide bonds. The summed E-state index contributed by atoms with van der Waals surface area (Å²) < 4.78 is 37.5. The van der Waals surface area contributed by atoms with Gasteiger partial charge in [0.25, 0.3) is 15.9 Å². The lowest BCUT2D eigenvalue weighted by Gasteiger charge is -2.20. The lowest BCUT2D eigenvalue weighted by Crippen LogP contribution is -2.36. The Morgan fingerprint density at radius 3 is 2.06 bits per heavy atom. The number of hydrogen-bond acceptors (Lipinski definition) is 6. The van der Waals surface area contributed by atoms with E-state index in [9.17, 15) is 18.0 Å². The molecular weight excluding hydrogens is 470 g/mol. The first-order valence-corrected chi connectivity index (χ1v) is 12.1. The normalized spacial score (nSPS) is 10.8. The minimum absolute atomic E-state index is 0.0487. The highest BCUT2D eigenvalue weighted by atomic mass is 32.2. The van der Waals surface area contributed by atoms with E-state index >= 15 is 0 Å². The van der Waals surface area contributed by atoms with E-state index in [-0.39, 0.29) is 22.9 Å². The third kappa shape index (κ3) is 6.51. The van der Waals surface area contributed by atoms with E-state index in [1.54, 1.807) is 43.5 Å². The fourth-order valence-corrected chi connectivity index (χ4v) is 4.40. The van der Waals surface area contributed by atoms with Crippen LogP contribution in [0.3, 0.4) is 0 Å². The summed E-state index contributed by atoms with van der Waals surface area (Å²) in [6.45, 7) is 0.0435. The Kier molecular flexibility index (Phi) is 8.32. The molecule has 0 bridgehead atoms. The van der Waals surface area contributed by atoms with Gasteiger partial charge in [0.05, 0.1) is 31.3 Å². The number of anilines is 1. The van der Waals surface area contributed by atoms with E-state index in [0.29, 0.717) is 23.7 Å². The molecule has 0 fully saturated rings. The van der Waals surface area contributed by atoms with Crippen LogP contribution >= 0.6 is 0 Å². The standard InChI is InChI=1S/C25H27N3O6S/c1-28(20-9-13-22(34-3)14-10-20)35(31,32)23-6-4-5-19(15-23)25(30)27-17-24(29)26-16-18-7-11-21(33-2)12-8-18/h4-15H,16-17H2,1-3H3,(H,26,29)(H,27,30). The molecule has 0 radical (unpaired) electrons. The summed E-state index contributed by atoms with van der Waals surface area (Å²) >= 11 is 0. The van der Waals surface area contributed by atoms with Crippen molar-refractivity contribution in [3.63, 3.8) is 0 Å². The van der Waals surface area contributed by atoms with Gasteiger partial charge in [-0.25, -0.2) is 8.42 Å². The topological polar surface area (TPSA) is 114 Å². The van der Waals surface area contributed by atoms with Crippen LogP contribution in [-0.2, 0) is 21.4 Å². The molecule has 3 aromatic carbocycles. The molecule has 2 N–H and O–H groups in total. The van der Waals surface area contributed by atoms with Crippen LogP contribution in [-0.4, -0.2) is 48.0 Å². The zero-order valence-electron chi connectivity index (χ0n) is 19.6. The summed E-state index contributed by atoms with van der Waals surface area (Å²) in [7, 11) is 0.606. The Balaban J connectivity index is 1.60. The summed E-state index contributed by atoms with van der Waals surface area (Å²) in [6.07, 6.45) is 0. The second-order valence-corrected chi connectivity index (χ2v) is 9.48. The zero-order chi connectivity index (χ0) is 25.4. The van der Waals surface area contributed by atoms with Crippen LogP contribution in [0.15, 0.2) is 77.7 Å². The number of hydrogen-bond donors (Lipinski definition) is 2. The molecule has 0 atom stereocenters. The molecular formula is C25H27N3O6S. The Labute approximate surface area is 204 Å². The van der Waals surface area contributed by atoms with Gasteiger partial charge in [-0.15, -0.1) is 0 Å². The molecule has 0 heterocycles. The first kappa shape index (κ1) is 25.6. The van der Waals surface area contributed by atoms with E-state index in [2.05, 4.69) is 10.6 Å². The molecule has 0 unspecified atom stereocenters. The van der Waals surface area contributed by atoms with Crippen molar-refractivity contribution in [1.29, 1.82) is 0 Å². The average Bonchev–Trinajstić information content (AvgIpc) is 2.90. The highest BCUT2D eigenvalue weighted by Crippen LogP contribution is 2.24. The van der Waals surface area contributed by atoms with Crippen molar-refractivity contribution >= 4 is 27.5 Å². The van der Waals surface area contributed by atoms with Crippen LogP contribution in [0.25, 0.3) is 0 Å². The van der Waals surface area contributed by atoms with Crippen molar-refractivity contribution in [3.05, 3.63) is 83.9 Å². The van der Waals surface area contributed by atoms with Gasteiger partial charge >= 0.3 is 0 Å². The van der Waals surface area contributed by atoms with Gasteiger partial charge in [-0.05, 0) is 60.2 Å². The summed E-state index contributed by atoms with van der Waals surface area (Å²) in [5, 5.41) is 5.23. The van der Waals surface area contributed by atoms with Crippen LogP contribution in [0.4, 0.5) is 5.69 Å². The van der Waals surface area contributed by atoms with E-state index in [4.69, 9.17) is 9.47 Å². The number of amides is 2. The van der Waals surface area contributed by atoms with E-state index in [1.165, 1.54) is 38.4 Å². The molecule has 0 saturated heterocycles. The molecule has 184 valence electrons. The molecule has 0 aliphatic heterocycles. The van der Waals surface area contributed by atoms with Gasteiger partial charge in [0.15, 0.2) is 0 Å². The lowest BCUT2D eigenvalue weighted by molar-refractivity contribution is -0.120. The van der Waals surface area contributed by atoms with Gasteiger partial charge in [0.1, 0.15) is 11.5 Å². The van der Waals surface area contributed by atoms with Gasteiger partial charge in [-0.1, -0.05) is 18.2 Å². The number of sulfonamides is 1. The maximum atomic E-state index is 13.1. The number of nitrogens with one attached hydrogen (secondary N) is 2. The van der Waals surface area contributed by atoms with E-state index < -0.39 is 15.9 Å². The molecule has 0 aliphatic carbocycles. The summed E-state index contributed by atoms with van der Waals surface area (Å²) in [5.74, 6) is 0.379. The summed E-state index contributed by atoms with van der Waals surface area (Å²) in [4.78, 5) is 24.6. The Morgan fingerprint density at radius 1 is 0.857 bits per heavy atom. The maximum absolute atomic E-state index is 13.1. The number of methoxy groups -OCH3 is 2. The highest BCUT2D eigenvalue weighted by molar-refractivity contribution is 7.92. The predicted molar refractivity (Wildman–Crippen MR) is 132 cm³/mol. The van der Waals surface area contributed by atoms with Crippen molar-refractivity contribution in [2.75, 3.05) is 32.1 Å². The van der Waals surface area contributed by atoms with Crippen molar-refractivity contribution in [3.8, 4) is 11.5 Å². The van der Waals surface area contributed by atoms with Gasteiger partial charge in [0.2, 0.25) is 5.91 Å². The number of nitrogens with zero attached hydrogens (tertiary/aromatic N) is 1. The molecule has 10 heteroatoms. The fourth-order valence-electron chi connectivity index (χ4n) is 3.16. The van der Waals surface area contributed by atoms with Gasteiger partial charge in [0, 0.05) is 19.2 Å². The molecule has 0 aromatic heterocycles. The van der Waals surface area contributed by atoms with Gasteiger partial charge in [-0.2, -0.15) is 0 Å². The zero-order valence-corrected chi connectivity index (χ0v) is 20.5. The molecule has 9 nitrogen and oxygen atoms in total. The minimum Gasteiger partial charge on any atom is -0.497 e. The number of ether oxygens (including phenoxy) is 2. The SMILES string of the molecule is COc1ccc(CNC(=O)CNC(=O)c2cccc(S(=O)(=O)N(C)c3ccc(OC)cc3)c2)cc1. The van der Waals surface area contributed by atoms with Crippen molar-refractivity contribution in [1.82, 2.24) is 10.6 Å². The van der Waals surface area contributed by atoms with Crippen LogP contribution in [0, 0.1) is 0 Å². The lowest BCUT2D eigenvalue weighted by atomic mass is 10.2. The van der Waals surface area contributed by atoms with Crippen molar-refractivity contribution in [2.45, 2.75) is 11.4 Å². The quantitative estimate of drug-likeness (QED) is 0.445. The number of benzene rings is 3. The second-order valence-electron chi connectivity index (χ2n) is 7.51. The number of carbonyl (C=O) groups excluding carboxylic acids is 2. The Morgan fingerprint density at radius 2 is 1.46 bits per heavy atom. The van der Waals surface area contributed by atoms with E-state index in [0.717, 1.165) is 9.87 Å². The fraction of sp³-hybridized carbons (Fsp3) is 0.200. The highest BCUT2D eigenvalue weighted by Gasteiger charge is 2.22. The van der Waals surface area contributed by atoms with Crippen LogP contribution in [0.5, 0.6) is 11.5 Å². The monoisotopic (exact) mass is 497 g/mol. The van der Waals surface area contributed by atoms with Gasteiger partial charge in [-0.3, -0.25) is 13.9 Å². The molecule has 0 aliphatic rings. The smallest absolute Gasteiger partial charge is 0.264 e. The first-order chi connectivity index (χ1) is 16.7. The molecule has 0 saturated carbocycles. The molecule has 3 aromatic rings. The minimum atomic E-state index is -3.92. The number of rotatable bonds is 10. The van der Waals surface area contributed by atoms with E-state index in [1.807, 2.05) is 12.1 Å². The Bertz CT molecular complexity index is 1280. The third-order valence-corrected chi connectivity index (χ3v) is 7.03. The van der Waals surface area contributed by atoms with Gasteiger partial charge < -0.3 is 20.1 Å². The number of carbonyl (C=O) groups is 2. The van der Waals surface area contributed by atoms with Crippen molar-refractivity contribution < 1.29 is 27.5 Å². The second kappa shape index (κ2) is 11.4. The van der Waals surface area contributed by atoms with Crippen LogP contribution < -0.4 is 24.4 Å². The van der Waals surface area contributed by atoms with Crippen LogP contribution in [0.1, 0.15) is 15.9 Å². The first-order valence-electron chi connectivity index (χ1n) is 10.7. The predicted octanol–water partition coefficient (Wildman–Crippen LogP) is 2.58. The summed E-state index contributed by atoms with van der Waals surface area (Å²) in [5.41, 5.74) is 1.44. The van der Waals surface area contributed by atoms with Crippen molar-refractivity contribution in [2.24, 2.45) is 0 Å². The Hall–Kier alpha value is -4.05. The maximum Gasteiger partial charge on any atom is 0.264 e. The molecule has 0 spiro atoms. The molecule has 3 rings (SSSR count). The largest absolute Gasteiger partial charge is 0.497 e. The third-order valence-electron chi connectivity index (χ3n) is 5.25. The summed E-state index contributed by atoms with van der Waals surface area (Å²) in [6, 6.07) is 19.4.